The minimum Gasteiger partial charge on any atom is -0.481 e. The number of allylic oxidation sites excluding steroid dienone is 3. The summed E-state index contributed by atoms with van der Waals surface area (Å²) in [5.41, 5.74) is -0.677. The summed E-state index contributed by atoms with van der Waals surface area (Å²) in [5.74, 6) is -3.19. The minimum atomic E-state index is -1.17. The molecule has 0 heterocycles. The second-order valence-electron chi connectivity index (χ2n) is 4.28. The molecule has 0 aromatic carbocycles. The van der Waals surface area contributed by atoms with E-state index in [4.69, 9.17) is 10.4 Å². The summed E-state index contributed by atoms with van der Waals surface area (Å²) in [4.78, 5) is 22.3. The molecule has 1 aliphatic carbocycles. The van der Waals surface area contributed by atoms with E-state index in [1.165, 1.54) is 31.2 Å². The number of aliphatic carboxylic acids is 2. The molecule has 5 heteroatoms. The second kappa shape index (κ2) is 4.88. The van der Waals surface area contributed by atoms with E-state index in [1.54, 1.807) is 13.0 Å². The van der Waals surface area contributed by atoms with Gasteiger partial charge in [0.05, 0.1) is 17.6 Å². The highest BCUT2D eigenvalue weighted by molar-refractivity contribution is 5.93. The van der Waals surface area contributed by atoms with Crippen LogP contribution in [0.25, 0.3) is 0 Å². The fraction of sp³-hybridized carbons (Fsp3) is 0.308. The lowest BCUT2D eigenvalue weighted by Crippen LogP contribution is -2.29. The van der Waals surface area contributed by atoms with Gasteiger partial charge in [0, 0.05) is 11.5 Å². The monoisotopic (exact) mass is 247 g/mol. The third kappa shape index (κ3) is 2.33. The third-order valence-electron chi connectivity index (χ3n) is 3.02. The lowest BCUT2D eigenvalue weighted by atomic mass is 9.72. The molecular formula is C13H13NO4. The molecule has 5 nitrogen and oxygen atoms in total. The Hall–Kier alpha value is -2.35. The van der Waals surface area contributed by atoms with E-state index >= 15 is 0 Å². The van der Waals surface area contributed by atoms with Gasteiger partial charge in [0.25, 0.3) is 0 Å². The molecule has 2 N–H and O–H groups in total. The van der Waals surface area contributed by atoms with Crippen LogP contribution in [0.4, 0.5) is 0 Å². The number of nitriles is 1. The van der Waals surface area contributed by atoms with Crippen LogP contribution in [0.15, 0.2) is 35.5 Å². The summed E-state index contributed by atoms with van der Waals surface area (Å²) < 4.78 is 0. The Kier molecular flexibility index (Phi) is 3.72. The number of carbonyl (C=O) groups is 2. The van der Waals surface area contributed by atoms with Crippen molar-refractivity contribution in [3.05, 3.63) is 35.5 Å². The maximum atomic E-state index is 11.3. The van der Waals surface area contributed by atoms with Gasteiger partial charge in [-0.15, -0.1) is 0 Å². The predicted molar refractivity (Wildman–Crippen MR) is 63.5 cm³/mol. The minimum absolute atomic E-state index is 0.00361. The van der Waals surface area contributed by atoms with Crippen LogP contribution in [-0.2, 0) is 9.59 Å². The van der Waals surface area contributed by atoms with Gasteiger partial charge in [0.1, 0.15) is 0 Å². The largest absolute Gasteiger partial charge is 0.481 e. The molecule has 1 aliphatic rings. The first-order chi connectivity index (χ1) is 8.33. The van der Waals surface area contributed by atoms with E-state index in [-0.39, 0.29) is 11.1 Å². The zero-order valence-corrected chi connectivity index (χ0v) is 10.0. The highest BCUT2D eigenvalue weighted by Crippen LogP contribution is 2.39. The fourth-order valence-corrected chi connectivity index (χ4v) is 2.12. The van der Waals surface area contributed by atoms with Crippen LogP contribution >= 0.6 is 0 Å². The van der Waals surface area contributed by atoms with E-state index in [0.717, 1.165) is 0 Å². The van der Waals surface area contributed by atoms with E-state index in [0.29, 0.717) is 0 Å². The van der Waals surface area contributed by atoms with Gasteiger partial charge in [0.15, 0.2) is 0 Å². The number of rotatable bonds is 3. The van der Waals surface area contributed by atoms with Crippen LogP contribution in [0.1, 0.15) is 13.8 Å². The van der Waals surface area contributed by atoms with Crippen LogP contribution < -0.4 is 0 Å². The number of nitrogens with zero attached hydrogens (tertiary/aromatic N) is 1. The zero-order chi connectivity index (χ0) is 13.9. The maximum absolute atomic E-state index is 11.3. The third-order valence-corrected chi connectivity index (χ3v) is 3.02. The van der Waals surface area contributed by atoms with Gasteiger partial charge in [0.2, 0.25) is 0 Å². The lowest BCUT2D eigenvalue weighted by molar-refractivity contribution is -0.139. The van der Waals surface area contributed by atoms with Crippen molar-refractivity contribution >= 4 is 11.9 Å². The molecule has 0 bridgehead atoms. The van der Waals surface area contributed by atoms with Crippen LogP contribution in [0.5, 0.6) is 0 Å². The average Bonchev–Trinajstić information content (AvgIpc) is 2.25. The number of carboxylic acid groups (broad SMARTS) is 2. The molecule has 1 rings (SSSR count). The molecule has 94 valence electrons. The molecule has 0 saturated carbocycles. The summed E-state index contributed by atoms with van der Waals surface area (Å²) in [6.45, 7) is 3.12. The van der Waals surface area contributed by atoms with Crippen molar-refractivity contribution in [2.45, 2.75) is 13.8 Å². The molecule has 2 unspecified atom stereocenters. The van der Waals surface area contributed by atoms with Gasteiger partial charge in [-0.2, -0.15) is 5.26 Å². The molecule has 0 saturated heterocycles. The van der Waals surface area contributed by atoms with E-state index < -0.39 is 23.3 Å². The van der Waals surface area contributed by atoms with Gasteiger partial charge in [-0.25, -0.2) is 4.79 Å². The summed E-state index contributed by atoms with van der Waals surface area (Å²) in [7, 11) is 0. The van der Waals surface area contributed by atoms with Crippen LogP contribution in [0.3, 0.4) is 0 Å². The predicted octanol–water partition coefficient (Wildman–Crippen LogP) is 1.74. The molecule has 0 amide bonds. The first-order valence-corrected chi connectivity index (χ1v) is 5.27. The smallest absolute Gasteiger partial charge is 0.332 e. The first kappa shape index (κ1) is 13.7. The van der Waals surface area contributed by atoms with Crippen LogP contribution in [0, 0.1) is 22.7 Å². The quantitative estimate of drug-likeness (QED) is 0.584. The van der Waals surface area contributed by atoms with Crippen LogP contribution in [-0.4, -0.2) is 22.2 Å². The van der Waals surface area contributed by atoms with Crippen molar-refractivity contribution < 1.29 is 19.8 Å². The summed E-state index contributed by atoms with van der Waals surface area (Å²) in [6.07, 6.45) is 5.61. The molecule has 0 aromatic heterocycles. The SMILES string of the molecule is CC1=C(C(=O)O)C(C)(/C=C/C#N)C=CC1C(=O)O. The fourth-order valence-electron chi connectivity index (χ4n) is 2.12. The number of hydrogen-bond donors (Lipinski definition) is 2. The van der Waals surface area contributed by atoms with E-state index in [1.807, 2.05) is 0 Å². The normalized spacial score (nSPS) is 27.3. The Morgan fingerprint density at radius 2 is 2.11 bits per heavy atom. The maximum Gasteiger partial charge on any atom is 0.332 e. The van der Waals surface area contributed by atoms with Crippen molar-refractivity contribution in [2.24, 2.45) is 11.3 Å². The van der Waals surface area contributed by atoms with Gasteiger partial charge in [-0.1, -0.05) is 18.2 Å². The molecule has 0 spiro atoms. The van der Waals surface area contributed by atoms with Crippen molar-refractivity contribution in [3.63, 3.8) is 0 Å². The zero-order valence-electron chi connectivity index (χ0n) is 10.0. The molecule has 2 atom stereocenters. The second-order valence-corrected chi connectivity index (χ2v) is 4.28. The highest BCUT2D eigenvalue weighted by Gasteiger charge is 2.37. The Morgan fingerprint density at radius 3 is 2.56 bits per heavy atom. The standard InChI is InChI=1S/C13H13NO4/c1-8-9(11(15)16)4-6-13(2,5-3-7-14)10(8)12(17)18/h3-6,9H,1-2H3,(H,15,16)(H,17,18)/b5-3+. The molecule has 0 radical (unpaired) electrons. The Bertz CT molecular complexity index is 522. The molecule has 18 heavy (non-hydrogen) atoms. The molecule has 0 aliphatic heterocycles. The van der Waals surface area contributed by atoms with Gasteiger partial charge in [-0.3, -0.25) is 4.79 Å². The summed E-state index contributed by atoms with van der Waals surface area (Å²) >= 11 is 0. The van der Waals surface area contributed by atoms with Gasteiger partial charge in [-0.05, 0) is 19.4 Å². The topological polar surface area (TPSA) is 98.4 Å². The Morgan fingerprint density at radius 1 is 1.50 bits per heavy atom. The Balaban J connectivity index is 3.39. The number of carboxylic acids is 2. The summed E-state index contributed by atoms with van der Waals surface area (Å²) in [5, 5.41) is 26.8. The lowest BCUT2D eigenvalue weighted by Gasteiger charge is -2.30. The van der Waals surface area contributed by atoms with Crippen LogP contribution in [0.2, 0.25) is 0 Å². The van der Waals surface area contributed by atoms with Crippen molar-refractivity contribution in [1.29, 1.82) is 5.26 Å². The molecule has 0 fully saturated rings. The number of hydrogen-bond acceptors (Lipinski definition) is 3. The molecule has 0 aromatic rings. The van der Waals surface area contributed by atoms with Crippen molar-refractivity contribution in [1.82, 2.24) is 0 Å². The first-order valence-electron chi connectivity index (χ1n) is 5.27. The molecular weight excluding hydrogens is 234 g/mol. The van der Waals surface area contributed by atoms with Gasteiger partial charge >= 0.3 is 11.9 Å². The van der Waals surface area contributed by atoms with Crippen molar-refractivity contribution in [2.75, 3.05) is 0 Å². The van der Waals surface area contributed by atoms with E-state index in [2.05, 4.69) is 0 Å². The van der Waals surface area contributed by atoms with Crippen molar-refractivity contribution in [3.8, 4) is 6.07 Å². The average molecular weight is 247 g/mol. The summed E-state index contributed by atoms with van der Waals surface area (Å²) in [6, 6.07) is 1.80. The Labute approximate surface area is 104 Å². The van der Waals surface area contributed by atoms with Gasteiger partial charge < -0.3 is 10.2 Å². The van der Waals surface area contributed by atoms with E-state index in [9.17, 15) is 14.7 Å². The highest BCUT2D eigenvalue weighted by atomic mass is 16.4.